The van der Waals surface area contributed by atoms with E-state index in [1.54, 1.807) is 0 Å². The lowest BCUT2D eigenvalue weighted by Gasteiger charge is -2.21. The van der Waals surface area contributed by atoms with Gasteiger partial charge in [0.1, 0.15) is 6.61 Å². The van der Waals surface area contributed by atoms with E-state index < -0.39 is 0 Å². The van der Waals surface area contributed by atoms with E-state index in [0.29, 0.717) is 13.2 Å². The summed E-state index contributed by atoms with van der Waals surface area (Å²) in [5.41, 5.74) is 0.0411. The minimum absolute atomic E-state index is 0.0411. The van der Waals surface area contributed by atoms with Crippen molar-refractivity contribution in [2.24, 2.45) is 16.5 Å². The van der Waals surface area contributed by atoms with Gasteiger partial charge >= 0.3 is 0 Å². The van der Waals surface area contributed by atoms with Crippen LogP contribution < -0.4 is 5.90 Å². The Hall–Kier alpha value is -0.610. The van der Waals surface area contributed by atoms with Crippen LogP contribution in [0.1, 0.15) is 20.3 Å². The normalized spacial score (nSPS) is 11.2. The highest BCUT2D eigenvalue weighted by Crippen LogP contribution is 2.19. The van der Waals surface area contributed by atoms with Crippen molar-refractivity contribution in [3.63, 3.8) is 0 Å². The SMILES string of the molecule is C=NOCCC(C)(C)CON. The summed E-state index contributed by atoms with van der Waals surface area (Å²) >= 11 is 0. The van der Waals surface area contributed by atoms with Gasteiger partial charge in [-0.3, -0.25) is 0 Å². The van der Waals surface area contributed by atoms with Gasteiger partial charge in [0.25, 0.3) is 0 Å². The zero-order chi connectivity index (χ0) is 8.74. The van der Waals surface area contributed by atoms with E-state index in [2.05, 4.69) is 16.7 Å². The van der Waals surface area contributed by atoms with Gasteiger partial charge in [0.2, 0.25) is 0 Å². The molecule has 2 N–H and O–H groups in total. The van der Waals surface area contributed by atoms with Gasteiger partial charge in [0.05, 0.1) is 6.61 Å². The average Bonchev–Trinajstić information content (AvgIpc) is 1.87. The molecule has 0 aliphatic heterocycles. The average molecular weight is 160 g/mol. The molecular formula is C7H16N2O2. The molecule has 0 fully saturated rings. The van der Waals surface area contributed by atoms with E-state index in [1.165, 1.54) is 0 Å². The number of hydrogen-bond donors (Lipinski definition) is 1. The zero-order valence-corrected chi connectivity index (χ0v) is 7.17. The molecule has 0 spiro atoms. The Bertz CT molecular complexity index is 115. The topological polar surface area (TPSA) is 56.8 Å². The monoisotopic (exact) mass is 160 g/mol. The molecule has 0 unspecified atom stereocenters. The third-order valence-corrected chi connectivity index (χ3v) is 1.44. The van der Waals surface area contributed by atoms with Crippen LogP contribution in [0.25, 0.3) is 0 Å². The molecule has 0 atom stereocenters. The molecule has 0 aromatic rings. The molecule has 11 heavy (non-hydrogen) atoms. The summed E-state index contributed by atoms with van der Waals surface area (Å²) in [5, 5.41) is 3.28. The highest BCUT2D eigenvalue weighted by atomic mass is 16.6. The van der Waals surface area contributed by atoms with Crippen molar-refractivity contribution in [1.82, 2.24) is 0 Å². The zero-order valence-electron chi connectivity index (χ0n) is 7.17. The summed E-state index contributed by atoms with van der Waals surface area (Å²) in [7, 11) is 0. The van der Waals surface area contributed by atoms with Crippen LogP contribution in [0.5, 0.6) is 0 Å². The predicted molar refractivity (Wildman–Crippen MR) is 44.0 cm³/mol. The molecule has 0 heterocycles. The molecule has 0 aliphatic rings. The second-order valence-corrected chi connectivity index (χ2v) is 3.19. The van der Waals surface area contributed by atoms with Crippen LogP contribution in [0.3, 0.4) is 0 Å². The lowest BCUT2D eigenvalue weighted by Crippen LogP contribution is -2.23. The maximum absolute atomic E-state index is 4.94. The first-order valence-electron chi connectivity index (χ1n) is 3.52. The summed E-state index contributed by atoms with van der Waals surface area (Å²) in [6.45, 7) is 8.37. The lowest BCUT2D eigenvalue weighted by molar-refractivity contribution is 0.0349. The van der Waals surface area contributed by atoms with E-state index in [9.17, 15) is 0 Å². The Morgan fingerprint density at radius 3 is 2.64 bits per heavy atom. The van der Waals surface area contributed by atoms with Crippen molar-refractivity contribution < 1.29 is 9.68 Å². The Balaban J connectivity index is 3.45. The van der Waals surface area contributed by atoms with Crippen molar-refractivity contribution in [3.8, 4) is 0 Å². The number of rotatable bonds is 6. The van der Waals surface area contributed by atoms with Crippen molar-refractivity contribution in [1.29, 1.82) is 0 Å². The number of nitrogens with zero attached hydrogens (tertiary/aromatic N) is 1. The Labute approximate surface area is 67.3 Å². The minimum atomic E-state index is 0.0411. The highest BCUT2D eigenvalue weighted by Gasteiger charge is 2.17. The third kappa shape index (κ3) is 5.82. The summed E-state index contributed by atoms with van der Waals surface area (Å²) in [6, 6.07) is 0. The summed E-state index contributed by atoms with van der Waals surface area (Å²) in [4.78, 5) is 9.27. The second kappa shape index (κ2) is 5.09. The molecule has 0 radical (unpaired) electrons. The highest BCUT2D eigenvalue weighted by molar-refractivity contribution is 5.21. The number of hydrogen-bond acceptors (Lipinski definition) is 4. The van der Waals surface area contributed by atoms with Gasteiger partial charge in [-0.05, 0) is 11.8 Å². The van der Waals surface area contributed by atoms with E-state index >= 15 is 0 Å². The lowest BCUT2D eigenvalue weighted by atomic mass is 9.91. The molecular weight excluding hydrogens is 144 g/mol. The Kier molecular flexibility index (Phi) is 4.81. The molecule has 0 saturated carbocycles. The number of oxime groups is 1. The van der Waals surface area contributed by atoms with E-state index in [1.807, 2.05) is 13.8 Å². The van der Waals surface area contributed by atoms with Crippen LogP contribution in [0, 0.1) is 5.41 Å². The molecule has 0 aliphatic carbocycles. The van der Waals surface area contributed by atoms with Crippen LogP contribution in [-0.2, 0) is 9.68 Å². The maximum Gasteiger partial charge on any atom is 0.117 e. The Morgan fingerprint density at radius 1 is 1.55 bits per heavy atom. The molecule has 0 rings (SSSR count). The molecule has 0 saturated heterocycles. The summed E-state index contributed by atoms with van der Waals surface area (Å²) in [5.74, 6) is 4.94. The first-order valence-corrected chi connectivity index (χ1v) is 3.52. The van der Waals surface area contributed by atoms with Gasteiger partial charge in [-0.25, -0.2) is 5.90 Å². The minimum Gasteiger partial charge on any atom is -0.396 e. The van der Waals surface area contributed by atoms with Crippen LogP contribution in [0.15, 0.2) is 5.16 Å². The van der Waals surface area contributed by atoms with Crippen LogP contribution in [0.2, 0.25) is 0 Å². The second-order valence-electron chi connectivity index (χ2n) is 3.19. The van der Waals surface area contributed by atoms with E-state index in [4.69, 9.17) is 10.7 Å². The third-order valence-electron chi connectivity index (χ3n) is 1.44. The largest absolute Gasteiger partial charge is 0.396 e. The Morgan fingerprint density at radius 2 is 2.18 bits per heavy atom. The van der Waals surface area contributed by atoms with Gasteiger partial charge in [-0.15, -0.1) is 5.16 Å². The number of nitrogens with two attached hydrogens (primary N) is 1. The van der Waals surface area contributed by atoms with Gasteiger partial charge in [0.15, 0.2) is 0 Å². The molecule has 0 aromatic heterocycles. The van der Waals surface area contributed by atoms with Gasteiger partial charge in [-0.2, -0.15) is 0 Å². The molecule has 4 heteroatoms. The van der Waals surface area contributed by atoms with Crippen molar-refractivity contribution in [3.05, 3.63) is 0 Å². The fraction of sp³-hybridized carbons (Fsp3) is 0.857. The summed E-state index contributed by atoms with van der Waals surface area (Å²) < 4.78 is 0. The van der Waals surface area contributed by atoms with Crippen LogP contribution in [-0.4, -0.2) is 19.9 Å². The van der Waals surface area contributed by atoms with E-state index in [0.717, 1.165) is 6.42 Å². The van der Waals surface area contributed by atoms with Crippen molar-refractivity contribution >= 4 is 6.72 Å². The molecule has 0 bridgehead atoms. The van der Waals surface area contributed by atoms with Crippen LogP contribution in [0.4, 0.5) is 0 Å². The quantitative estimate of drug-likeness (QED) is 0.357. The fourth-order valence-corrected chi connectivity index (χ4v) is 0.684. The smallest absolute Gasteiger partial charge is 0.117 e. The van der Waals surface area contributed by atoms with Gasteiger partial charge < -0.3 is 9.68 Å². The standard InChI is InChI=1S/C7H16N2O2/c1-7(2,6-10-8)4-5-11-9-3/h3-6,8H2,1-2H3. The maximum atomic E-state index is 4.94. The first-order chi connectivity index (χ1) is 5.12. The van der Waals surface area contributed by atoms with Crippen LogP contribution >= 0.6 is 0 Å². The van der Waals surface area contributed by atoms with E-state index in [-0.39, 0.29) is 5.41 Å². The molecule has 0 aromatic carbocycles. The van der Waals surface area contributed by atoms with Crippen molar-refractivity contribution in [2.75, 3.05) is 13.2 Å². The molecule has 66 valence electrons. The van der Waals surface area contributed by atoms with Gasteiger partial charge in [0, 0.05) is 6.72 Å². The van der Waals surface area contributed by atoms with Crippen molar-refractivity contribution in [2.45, 2.75) is 20.3 Å². The predicted octanol–water partition coefficient (Wildman–Crippen LogP) is 0.925. The summed E-state index contributed by atoms with van der Waals surface area (Å²) in [6.07, 6.45) is 0.850. The van der Waals surface area contributed by atoms with Gasteiger partial charge in [-0.1, -0.05) is 13.8 Å². The molecule has 0 amide bonds. The molecule has 4 nitrogen and oxygen atoms in total. The fourth-order valence-electron chi connectivity index (χ4n) is 0.684. The first kappa shape index (κ1) is 10.4.